The van der Waals surface area contributed by atoms with Crippen LogP contribution in [0.25, 0.3) is 0 Å². The number of rotatable bonds is 6. The summed E-state index contributed by atoms with van der Waals surface area (Å²) in [6, 6.07) is 6.65. The predicted molar refractivity (Wildman–Crippen MR) is 66.9 cm³/mol. The lowest BCUT2D eigenvalue weighted by atomic mass is 10.3. The highest BCUT2D eigenvalue weighted by Crippen LogP contribution is 2.22. The maximum Gasteiger partial charge on any atom is 0.319 e. The third-order valence-corrected chi connectivity index (χ3v) is 2.21. The second-order valence-corrected chi connectivity index (χ2v) is 3.58. The second-order valence-electron chi connectivity index (χ2n) is 3.58. The number of ether oxygens (including phenoxy) is 1. The van der Waals surface area contributed by atoms with Gasteiger partial charge in [0.2, 0.25) is 0 Å². The van der Waals surface area contributed by atoms with Gasteiger partial charge in [-0.3, -0.25) is 4.79 Å². The standard InChI is InChI=1S/C12H16N2O4/c1-18-10-6-3-2-5-9(10)14-12(17)13-8-4-7-11(15)16/h2-3,5-6H,4,7-8H2,1H3,(H,15,16)(H2,13,14,17). The van der Waals surface area contributed by atoms with Gasteiger partial charge in [-0.05, 0) is 18.6 Å². The minimum Gasteiger partial charge on any atom is -0.495 e. The number of carboxylic acid groups (broad SMARTS) is 1. The van der Waals surface area contributed by atoms with Crippen LogP contribution in [0, 0.1) is 0 Å². The number of amides is 2. The van der Waals surface area contributed by atoms with Crippen LogP contribution in [0.2, 0.25) is 0 Å². The van der Waals surface area contributed by atoms with Crippen molar-refractivity contribution in [1.82, 2.24) is 5.32 Å². The van der Waals surface area contributed by atoms with E-state index in [1.54, 1.807) is 24.3 Å². The van der Waals surface area contributed by atoms with Crippen LogP contribution in [0.3, 0.4) is 0 Å². The Hall–Kier alpha value is -2.24. The molecule has 1 aromatic rings. The van der Waals surface area contributed by atoms with Crippen LogP contribution in [0.15, 0.2) is 24.3 Å². The first-order valence-electron chi connectivity index (χ1n) is 5.53. The Morgan fingerprint density at radius 2 is 2.06 bits per heavy atom. The molecule has 0 atom stereocenters. The van der Waals surface area contributed by atoms with Gasteiger partial charge >= 0.3 is 12.0 Å². The zero-order chi connectivity index (χ0) is 13.4. The van der Waals surface area contributed by atoms with Gasteiger partial charge in [0.05, 0.1) is 12.8 Å². The van der Waals surface area contributed by atoms with Crippen molar-refractivity contribution < 1.29 is 19.4 Å². The molecular weight excluding hydrogens is 236 g/mol. The molecule has 6 heteroatoms. The number of carbonyl (C=O) groups is 2. The van der Waals surface area contributed by atoms with E-state index in [-0.39, 0.29) is 12.5 Å². The maximum atomic E-state index is 11.5. The lowest BCUT2D eigenvalue weighted by Gasteiger charge is -2.10. The number of aliphatic carboxylic acids is 1. The molecule has 3 N–H and O–H groups in total. The highest BCUT2D eigenvalue weighted by molar-refractivity contribution is 5.90. The minimum absolute atomic E-state index is 0.0366. The number of carboxylic acids is 1. The van der Waals surface area contributed by atoms with Crippen molar-refractivity contribution in [3.63, 3.8) is 0 Å². The Bertz CT molecular complexity index is 420. The monoisotopic (exact) mass is 252 g/mol. The summed E-state index contributed by atoms with van der Waals surface area (Å²) < 4.78 is 5.08. The number of nitrogens with one attached hydrogen (secondary N) is 2. The molecule has 2 amide bonds. The van der Waals surface area contributed by atoms with Crippen LogP contribution in [-0.2, 0) is 4.79 Å². The third-order valence-electron chi connectivity index (χ3n) is 2.21. The van der Waals surface area contributed by atoms with Crippen LogP contribution in [0.1, 0.15) is 12.8 Å². The molecule has 0 aliphatic rings. The predicted octanol–water partition coefficient (Wildman–Crippen LogP) is 1.68. The largest absolute Gasteiger partial charge is 0.495 e. The maximum absolute atomic E-state index is 11.5. The summed E-state index contributed by atoms with van der Waals surface area (Å²) in [7, 11) is 1.52. The summed E-state index contributed by atoms with van der Waals surface area (Å²) in [6.07, 6.45) is 0.434. The molecule has 0 saturated heterocycles. The molecule has 0 aliphatic carbocycles. The summed E-state index contributed by atoms with van der Waals surface area (Å²) in [4.78, 5) is 21.8. The van der Waals surface area contributed by atoms with Crippen LogP contribution in [-0.4, -0.2) is 30.8 Å². The molecule has 18 heavy (non-hydrogen) atoms. The van der Waals surface area contributed by atoms with Gasteiger partial charge < -0.3 is 20.5 Å². The van der Waals surface area contributed by atoms with Crippen LogP contribution in [0.5, 0.6) is 5.75 Å². The third kappa shape index (κ3) is 4.73. The zero-order valence-corrected chi connectivity index (χ0v) is 10.1. The minimum atomic E-state index is -0.873. The molecule has 6 nitrogen and oxygen atoms in total. The highest BCUT2D eigenvalue weighted by Gasteiger charge is 2.06. The first-order valence-corrected chi connectivity index (χ1v) is 5.53. The van der Waals surface area contributed by atoms with Crippen LogP contribution >= 0.6 is 0 Å². The molecule has 0 spiro atoms. The van der Waals surface area contributed by atoms with Crippen molar-refractivity contribution in [1.29, 1.82) is 0 Å². The number of anilines is 1. The number of urea groups is 1. The van der Waals surface area contributed by atoms with E-state index in [0.717, 1.165) is 0 Å². The van der Waals surface area contributed by atoms with E-state index in [1.165, 1.54) is 7.11 Å². The molecule has 0 bridgehead atoms. The average Bonchev–Trinajstić information content (AvgIpc) is 2.35. The summed E-state index contributed by atoms with van der Waals surface area (Å²) >= 11 is 0. The molecule has 0 aliphatic heterocycles. The molecule has 0 aromatic heterocycles. The van der Waals surface area contributed by atoms with Crippen molar-refractivity contribution in [2.75, 3.05) is 19.0 Å². The van der Waals surface area contributed by atoms with Crippen molar-refractivity contribution in [3.8, 4) is 5.75 Å². The Labute approximate surface area is 105 Å². The zero-order valence-electron chi connectivity index (χ0n) is 10.1. The van der Waals surface area contributed by atoms with E-state index >= 15 is 0 Å². The quantitative estimate of drug-likeness (QED) is 0.672. The van der Waals surface area contributed by atoms with Crippen LogP contribution in [0.4, 0.5) is 10.5 Å². The number of hydrogen-bond acceptors (Lipinski definition) is 3. The Morgan fingerprint density at radius 3 is 2.72 bits per heavy atom. The smallest absolute Gasteiger partial charge is 0.319 e. The summed E-state index contributed by atoms with van der Waals surface area (Å²) in [5, 5.41) is 13.6. The number of carbonyl (C=O) groups excluding carboxylic acids is 1. The SMILES string of the molecule is COc1ccccc1NC(=O)NCCCC(=O)O. The summed E-state index contributed by atoms with van der Waals surface area (Å²) in [6.45, 7) is 0.313. The van der Waals surface area contributed by atoms with Crippen molar-refractivity contribution in [3.05, 3.63) is 24.3 Å². The fraction of sp³-hybridized carbons (Fsp3) is 0.333. The van der Waals surface area contributed by atoms with E-state index < -0.39 is 5.97 Å². The fourth-order valence-corrected chi connectivity index (χ4v) is 1.36. The van der Waals surface area contributed by atoms with Gasteiger partial charge in [-0.15, -0.1) is 0 Å². The van der Waals surface area contributed by atoms with E-state index in [1.807, 2.05) is 0 Å². The molecule has 0 fully saturated rings. The number of para-hydroxylation sites is 2. The van der Waals surface area contributed by atoms with Gasteiger partial charge in [-0.1, -0.05) is 12.1 Å². The first-order chi connectivity index (χ1) is 8.63. The van der Waals surface area contributed by atoms with Crippen molar-refractivity contribution >= 4 is 17.7 Å². The Morgan fingerprint density at radius 1 is 1.33 bits per heavy atom. The van der Waals surface area contributed by atoms with E-state index in [9.17, 15) is 9.59 Å². The van der Waals surface area contributed by atoms with Crippen LogP contribution < -0.4 is 15.4 Å². The number of benzene rings is 1. The topological polar surface area (TPSA) is 87.7 Å². The van der Waals surface area contributed by atoms with Gasteiger partial charge in [0, 0.05) is 13.0 Å². The van der Waals surface area contributed by atoms with Gasteiger partial charge in [-0.25, -0.2) is 4.79 Å². The normalized spacial score (nSPS) is 9.61. The average molecular weight is 252 g/mol. The summed E-state index contributed by atoms with van der Waals surface area (Å²) in [5.74, 6) is -0.305. The van der Waals surface area contributed by atoms with E-state index in [4.69, 9.17) is 9.84 Å². The van der Waals surface area contributed by atoms with Gasteiger partial charge in [0.15, 0.2) is 0 Å². The van der Waals surface area contributed by atoms with Gasteiger partial charge in [0.1, 0.15) is 5.75 Å². The first kappa shape index (κ1) is 13.8. The van der Waals surface area contributed by atoms with Gasteiger partial charge in [-0.2, -0.15) is 0 Å². The molecule has 1 aromatic carbocycles. The molecule has 98 valence electrons. The number of hydrogen-bond donors (Lipinski definition) is 3. The molecule has 0 unspecified atom stereocenters. The van der Waals surface area contributed by atoms with E-state index in [0.29, 0.717) is 24.4 Å². The molecular formula is C12H16N2O4. The molecule has 0 saturated carbocycles. The molecule has 0 radical (unpaired) electrons. The number of methoxy groups -OCH3 is 1. The van der Waals surface area contributed by atoms with Crippen molar-refractivity contribution in [2.24, 2.45) is 0 Å². The van der Waals surface area contributed by atoms with Crippen molar-refractivity contribution in [2.45, 2.75) is 12.8 Å². The highest BCUT2D eigenvalue weighted by atomic mass is 16.5. The fourth-order valence-electron chi connectivity index (χ4n) is 1.36. The Balaban J connectivity index is 2.37. The lowest BCUT2D eigenvalue weighted by Crippen LogP contribution is -2.29. The summed E-state index contributed by atoms with van der Waals surface area (Å²) in [5.41, 5.74) is 0.565. The second kappa shape index (κ2) is 7.16. The lowest BCUT2D eigenvalue weighted by molar-refractivity contribution is -0.137. The van der Waals surface area contributed by atoms with E-state index in [2.05, 4.69) is 10.6 Å². The molecule has 0 heterocycles. The van der Waals surface area contributed by atoms with Gasteiger partial charge in [0.25, 0.3) is 0 Å². The molecule has 1 rings (SSSR count). The Kier molecular flexibility index (Phi) is 5.50.